The number of likely N-dealkylation sites (tertiary alicyclic amines) is 1. The lowest BCUT2D eigenvalue weighted by atomic mass is 9.95. The van der Waals surface area contributed by atoms with Crippen molar-refractivity contribution in [2.75, 3.05) is 62.7 Å². The minimum absolute atomic E-state index is 0.182. The van der Waals surface area contributed by atoms with Crippen molar-refractivity contribution < 1.29 is 14.3 Å². The van der Waals surface area contributed by atoms with Crippen LogP contribution in [-0.4, -0.2) is 91.9 Å². The van der Waals surface area contributed by atoms with E-state index < -0.39 is 0 Å². The number of nitriles is 2. The molecule has 6 rings (SSSR count). The minimum atomic E-state index is -0.319. The fourth-order valence-corrected chi connectivity index (χ4v) is 7.54. The van der Waals surface area contributed by atoms with Crippen LogP contribution in [0.25, 0.3) is 10.8 Å². The predicted molar refractivity (Wildman–Crippen MR) is 182 cm³/mol. The van der Waals surface area contributed by atoms with Gasteiger partial charge in [-0.05, 0) is 49.8 Å². The van der Waals surface area contributed by atoms with E-state index in [4.69, 9.17) is 14.5 Å². The molecule has 10 heteroatoms. The van der Waals surface area contributed by atoms with E-state index in [0.717, 1.165) is 43.0 Å². The summed E-state index contributed by atoms with van der Waals surface area (Å²) in [6.45, 7) is 13.1. The van der Waals surface area contributed by atoms with Crippen molar-refractivity contribution in [3.8, 4) is 18.0 Å². The highest BCUT2D eigenvalue weighted by Gasteiger charge is 2.35. The van der Waals surface area contributed by atoms with E-state index >= 15 is 0 Å². The van der Waals surface area contributed by atoms with Gasteiger partial charge in [0.1, 0.15) is 17.7 Å². The summed E-state index contributed by atoms with van der Waals surface area (Å²) in [4.78, 5) is 26.4. The van der Waals surface area contributed by atoms with Crippen LogP contribution in [0.4, 0.5) is 11.4 Å². The number of anilines is 2. The molecule has 244 valence electrons. The third-order valence-electron chi connectivity index (χ3n) is 9.81. The Balaban J connectivity index is 1.38. The zero-order valence-electron chi connectivity index (χ0n) is 27.6. The number of benzene rings is 2. The van der Waals surface area contributed by atoms with Crippen LogP contribution < -0.4 is 14.5 Å². The van der Waals surface area contributed by atoms with Gasteiger partial charge < -0.3 is 24.2 Å². The Morgan fingerprint density at radius 1 is 1.13 bits per heavy atom. The number of piperazine rings is 1. The number of aryl methyl sites for hydroxylation is 1. The van der Waals surface area contributed by atoms with E-state index in [-0.39, 0.29) is 30.6 Å². The molecule has 10 nitrogen and oxygen atoms in total. The molecule has 4 heterocycles. The van der Waals surface area contributed by atoms with Crippen molar-refractivity contribution in [1.82, 2.24) is 14.8 Å². The number of fused-ring (bicyclic) bond motifs is 2. The van der Waals surface area contributed by atoms with Gasteiger partial charge in [0.05, 0.1) is 42.6 Å². The van der Waals surface area contributed by atoms with E-state index in [1.807, 2.05) is 6.92 Å². The van der Waals surface area contributed by atoms with Gasteiger partial charge in [-0.25, -0.2) is 4.98 Å². The number of amides is 1. The summed E-state index contributed by atoms with van der Waals surface area (Å²) in [6, 6.07) is 17.2. The van der Waals surface area contributed by atoms with Gasteiger partial charge in [-0.2, -0.15) is 10.5 Å². The molecule has 0 unspecified atom stereocenters. The second-order valence-electron chi connectivity index (χ2n) is 12.8. The largest absolute Gasteiger partial charge is 0.472 e. The van der Waals surface area contributed by atoms with Crippen LogP contribution in [0.2, 0.25) is 0 Å². The molecule has 2 fully saturated rings. The summed E-state index contributed by atoms with van der Waals surface area (Å²) in [7, 11) is 1.75. The van der Waals surface area contributed by atoms with Crippen molar-refractivity contribution in [3.05, 3.63) is 71.4 Å². The number of hydrogen-bond donors (Lipinski definition) is 0. The Morgan fingerprint density at radius 2 is 1.94 bits per heavy atom. The van der Waals surface area contributed by atoms with Crippen LogP contribution in [0.5, 0.6) is 5.88 Å². The molecule has 0 spiro atoms. The summed E-state index contributed by atoms with van der Waals surface area (Å²) in [5, 5.41) is 22.7. The van der Waals surface area contributed by atoms with Crippen LogP contribution in [-0.2, 0) is 22.5 Å². The van der Waals surface area contributed by atoms with Crippen LogP contribution in [0.3, 0.4) is 0 Å². The van der Waals surface area contributed by atoms with Gasteiger partial charge in [0, 0.05) is 69.6 Å². The highest BCUT2D eigenvalue weighted by molar-refractivity contribution is 5.97. The first-order chi connectivity index (χ1) is 22.8. The van der Waals surface area contributed by atoms with Gasteiger partial charge >= 0.3 is 0 Å². The molecule has 2 aromatic carbocycles. The number of nitrogens with zero attached hydrogens (tertiary/aromatic N) is 7. The smallest absolute Gasteiger partial charge is 0.246 e. The molecule has 0 N–H and O–H groups in total. The van der Waals surface area contributed by atoms with Crippen molar-refractivity contribution in [1.29, 1.82) is 10.5 Å². The summed E-state index contributed by atoms with van der Waals surface area (Å²) in [6.07, 6.45) is 3.21. The Hall–Kier alpha value is -4.64. The van der Waals surface area contributed by atoms with Gasteiger partial charge in [-0.3, -0.25) is 9.69 Å². The van der Waals surface area contributed by atoms with E-state index in [0.29, 0.717) is 50.6 Å². The lowest BCUT2D eigenvalue weighted by Gasteiger charge is -2.43. The van der Waals surface area contributed by atoms with Crippen LogP contribution in [0.15, 0.2) is 49.1 Å². The standard InChI is InChI=1S/C37H43N7O3/c1-5-34(45)44-19-18-43(22-28(44)12-15-38)36-30-14-17-42(33-11-7-10-27-9-6-8-25(2)35(27)33)24-32(30)40-37(31(36)20-39)47-26(3)21-41-16-13-29(23-41)46-4/h5-11,26,28-29H,1,12-14,16-19,21-24H2,2-4H3/t26-,28+,29-/m1/s1. The van der Waals surface area contributed by atoms with Gasteiger partial charge in [0.25, 0.3) is 0 Å². The maximum Gasteiger partial charge on any atom is 0.246 e. The second kappa shape index (κ2) is 14.0. The molecule has 0 aliphatic carbocycles. The minimum Gasteiger partial charge on any atom is -0.472 e. The first-order valence-corrected chi connectivity index (χ1v) is 16.5. The number of pyridine rings is 1. The molecule has 3 aliphatic rings. The molecule has 1 aromatic heterocycles. The first kappa shape index (κ1) is 32.3. The highest BCUT2D eigenvalue weighted by atomic mass is 16.5. The van der Waals surface area contributed by atoms with E-state index in [1.54, 1.807) is 12.0 Å². The quantitative estimate of drug-likeness (QED) is 0.313. The van der Waals surface area contributed by atoms with Gasteiger partial charge in [0.15, 0.2) is 0 Å². The third-order valence-corrected chi connectivity index (χ3v) is 9.81. The first-order valence-electron chi connectivity index (χ1n) is 16.5. The molecule has 1 amide bonds. The normalized spacial score (nSPS) is 20.4. The van der Waals surface area contributed by atoms with Crippen molar-refractivity contribution in [2.45, 2.75) is 57.9 Å². The molecule has 0 bridgehead atoms. The van der Waals surface area contributed by atoms with Crippen molar-refractivity contribution >= 4 is 28.1 Å². The molecule has 0 radical (unpaired) electrons. The third kappa shape index (κ3) is 6.49. The highest BCUT2D eigenvalue weighted by Crippen LogP contribution is 2.40. The Bertz CT molecular complexity index is 1740. The number of ether oxygens (including phenoxy) is 2. The predicted octanol–water partition coefficient (Wildman–Crippen LogP) is 4.58. The molecule has 2 saturated heterocycles. The summed E-state index contributed by atoms with van der Waals surface area (Å²) < 4.78 is 12.1. The lowest BCUT2D eigenvalue weighted by molar-refractivity contribution is -0.128. The monoisotopic (exact) mass is 633 g/mol. The summed E-state index contributed by atoms with van der Waals surface area (Å²) in [5.74, 6) is 0.160. The van der Waals surface area contributed by atoms with Gasteiger partial charge in [0.2, 0.25) is 11.8 Å². The Labute approximate surface area is 277 Å². The molecule has 3 atom stereocenters. The summed E-state index contributed by atoms with van der Waals surface area (Å²) >= 11 is 0. The second-order valence-corrected chi connectivity index (χ2v) is 12.8. The fourth-order valence-electron chi connectivity index (χ4n) is 7.54. The molecule has 0 saturated carbocycles. The van der Waals surface area contributed by atoms with Crippen LogP contribution >= 0.6 is 0 Å². The van der Waals surface area contributed by atoms with Gasteiger partial charge in [-0.15, -0.1) is 0 Å². The molecule has 3 aromatic rings. The zero-order chi connectivity index (χ0) is 33.1. The molecule has 47 heavy (non-hydrogen) atoms. The zero-order valence-corrected chi connectivity index (χ0v) is 27.6. The maximum absolute atomic E-state index is 12.7. The van der Waals surface area contributed by atoms with E-state index in [2.05, 4.69) is 76.7 Å². The molecule has 3 aliphatic heterocycles. The van der Waals surface area contributed by atoms with Crippen molar-refractivity contribution in [3.63, 3.8) is 0 Å². The summed E-state index contributed by atoms with van der Waals surface area (Å²) in [5.41, 5.74) is 5.56. The van der Waals surface area contributed by atoms with E-state index in [1.165, 1.54) is 28.1 Å². The lowest BCUT2D eigenvalue weighted by Crippen LogP contribution is -2.55. The molecular formula is C37H43N7O3. The molecular weight excluding hydrogens is 590 g/mol. The van der Waals surface area contributed by atoms with Crippen LogP contribution in [0.1, 0.15) is 42.1 Å². The van der Waals surface area contributed by atoms with Crippen molar-refractivity contribution in [2.24, 2.45) is 0 Å². The topological polar surface area (TPSA) is 109 Å². The maximum atomic E-state index is 12.7. The average Bonchev–Trinajstić information content (AvgIpc) is 3.54. The SMILES string of the molecule is C=CC(=O)N1CCN(c2c(C#N)c(O[C@H](C)CN3CC[C@@H](OC)C3)nc3c2CCN(c2cccc4cccc(C)c24)C3)C[C@@H]1CC#N. The van der Waals surface area contributed by atoms with Gasteiger partial charge in [-0.1, -0.05) is 36.9 Å². The number of carbonyl (C=O) groups is 1. The van der Waals surface area contributed by atoms with Crippen LogP contribution in [0, 0.1) is 29.6 Å². The Morgan fingerprint density at radius 3 is 2.66 bits per heavy atom. The number of hydrogen-bond acceptors (Lipinski definition) is 9. The number of rotatable bonds is 9. The average molecular weight is 634 g/mol. The van der Waals surface area contributed by atoms with E-state index in [9.17, 15) is 15.3 Å². The Kier molecular flexibility index (Phi) is 9.63. The number of methoxy groups -OCH3 is 1. The number of carbonyl (C=O) groups excluding carboxylic acids is 1. The fraction of sp³-hybridized carbons (Fsp3) is 0.459. The number of aromatic nitrogens is 1.